The molecule has 5 nitrogen and oxygen atoms in total. The van der Waals surface area contributed by atoms with E-state index in [-0.39, 0.29) is 46.0 Å². The maximum atomic E-state index is 10.5. The van der Waals surface area contributed by atoms with Gasteiger partial charge in [0.25, 0.3) is 0 Å². The lowest BCUT2D eigenvalue weighted by molar-refractivity contribution is 0.332. The quantitative estimate of drug-likeness (QED) is 0.137. The first kappa shape index (κ1) is 53.9. The Morgan fingerprint density at radius 3 is 1.66 bits per heavy atom. The van der Waals surface area contributed by atoms with Gasteiger partial charge in [-0.2, -0.15) is 0 Å². The Morgan fingerprint density at radius 2 is 0.989 bits per heavy atom. The Balaban J connectivity index is 0.925. The van der Waals surface area contributed by atoms with Gasteiger partial charge in [0, 0.05) is 51.5 Å². The van der Waals surface area contributed by atoms with E-state index in [0.29, 0.717) is 41.2 Å². The SMILES string of the molecule is [2H]c1c([2H])c([2H])c(-c2cnc(-n3c4cc(Oc5cccc(N6CN(c7c(-c8cccc(-c9ccccc9)c8)cc(C(C)(C)C)cc7-c7c([2H])c([2H])c8c(c7[2H])C(C)(C)CCC8(C)C)c7ccccc76)c5)ccc4c4ccc(-c5cc(C(C)(C)C)cc(C(C)(C)C)c5)cc43)cc2C(C)(C)C)c([2H])c1[2H]. The fourth-order valence-corrected chi connectivity index (χ4v) is 14.1. The summed E-state index contributed by atoms with van der Waals surface area (Å²) in [4.78, 5) is 9.87. The second kappa shape index (κ2) is 23.2. The van der Waals surface area contributed by atoms with Crippen LogP contribution in [0.25, 0.3) is 83.3 Å². The number of pyridine rings is 1. The lowest BCUT2D eigenvalue weighted by Gasteiger charge is -2.42. The summed E-state index contributed by atoms with van der Waals surface area (Å²) in [6.45, 7) is 35.5. The minimum atomic E-state index is -0.571. The number of anilines is 4. The van der Waals surface area contributed by atoms with E-state index in [2.05, 4.69) is 271 Å². The molecule has 5 heteroatoms. The number of hydrogen-bond acceptors (Lipinski definition) is 4. The number of hydrogen-bond donors (Lipinski definition) is 0. The Labute approximate surface area is 576 Å². The summed E-state index contributed by atoms with van der Waals surface area (Å²) in [5.41, 5.74) is 17.5. The molecule has 0 unspecified atom stereocenters. The van der Waals surface area contributed by atoms with Crippen LogP contribution in [-0.4, -0.2) is 16.2 Å². The number of rotatable bonds is 10. The molecule has 14 rings (SSSR count). The van der Waals surface area contributed by atoms with E-state index in [1.165, 1.54) is 11.1 Å². The monoisotopic (exact) mass is 1250 g/mol. The van der Waals surface area contributed by atoms with E-state index in [0.717, 1.165) is 119 Å². The molecule has 0 spiro atoms. The average Bonchev–Trinajstić information content (AvgIpc) is 1.67. The Kier molecular flexibility index (Phi) is 13.1. The minimum absolute atomic E-state index is 0.0656. The third kappa shape index (κ3) is 11.8. The molecule has 0 saturated carbocycles. The molecule has 1 aliphatic heterocycles. The van der Waals surface area contributed by atoms with Crippen molar-refractivity contribution in [1.29, 1.82) is 0 Å². The van der Waals surface area contributed by atoms with Crippen molar-refractivity contribution in [3.63, 3.8) is 0 Å². The average molecular weight is 1250 g/mol. The summed E-state index contributed by atoms with van der Waals surface area (Å²) in [6, 6.07) is 60.9. The molecular formula is C90H92N4O. The fraction of sp³-hybridized carbons (Fsp3) is 0.278. The number of nitrogens with zero attached hydrogens (tertiary/aromatic N) is 4. The third-order valence-electron chi connectivity index (χ3n) is 19.9. The van der Waals surface area contributed by atoms with Gasteiger partial charge in [0.2, 0.25) is 0 Å². The van der Waals surface area contributed by atoms with Gasteiger partial charge in [0.15, 0.2) is 0 Å². The molecule has 0 amide bonds. The normalized spacial score (nSPS) is 15.9. The maximum Gasteiger partial charge on any atom is 0.137 e. The molecule has 95 heavy (non-hydrogen) atoms. The molecule has 12 aromatic rings. The highest BCUT2D eigenvalue weighted by atomic mass is 16.5. The number of aromatic nitrogens is 2. The van der Waals surface area contributed by atoms with Gasteiger partial charge >= 0.3 is 0 Å². The van der Waals surface area contributed by atoms with E-state index >= 15 is 0 Å². The van der Waals surface area contributed by atoms with Gasteiger partial charge in [-0.1, -0.05) is 256 Å². The first-order valence-electron chi connectivity index (χ1n) is 37.7. The molecule has 478 valence electrons. The molecule has 10 aromatic carbocycles. The summed E-state index contributed by atoms with van der Waals surface area (Å²) in [7, 11) is 0. The lowest BCUT2D eigenvalue weighted by Crippen LogP contribution is -2.33. The smallest absolute Gasteiger partial charge is 0.137 e. The van der Waals surface area contributed by atoms with Gasteiger partial charge in [-0.05, 0) is 184 Å². The molecule has 1 aliphatic carbocycles. The highest BCUT2D eigenvalue weighted by Gasteiger charge is 2.39. The molecule has 3 heterocycles. The van der Waals surface area contributed by atoms with Gasteiger partial charge in [-0.25, -0.2) is 4.98 Å². The predicted octanol–water partition coefficient (Wildman–Crippen LogP) is 25.1. The summed E-state index contributed by atoms with van der Waals surface area (Å²) in [5, 5.41) is 1.98. The fourth-order valence-electron chi connectivity index (χ4n) is 14.1. The predicted molar refractivity (Wildman–Crippen MR) is 404 cm³/mol. The largest absolute Gasteiger partial charge is 0.457 e. The Morgan fingerprint density at radius 1 is 0.421 bits per heavy atom. The highest BCUT2D eigenvalue weighted by Crippen LogP contribution is 2.54. The van der Waals surface area contributed by atoms with Gasteiger partial charge < -0.3 is 14.5 Å². The first-order valence-corrected chi connectivity index (χ1v) is 33.7. The third-order valence-corrected chi connectivity index (χ3v) is 19.9. The molecule has 2 aliphatic rings. The highest BCUT2D eigenvalue weighted by molar-refractivity contribution is 6.11. The first-order chi connectivity index (χ1) is 48.4. The summed E-state index contributed by atoms with van der Waals surface area (Å²) >= 11 is 0. The van der Waals surface area contributed by atoms with Crippen LogP contribution in [-0.2, 0) is 32.5 Å². The zero-order chi connectivity index (χ0) is 73.7. The minimum Gasteiger partial charge on any atom is -0.457 e. The van der Waals surface area contributed by atoms with E-state index in [4.69, 9.17) is 16.6 Å². The van der Waals surface area contributed by atoms with Crippen LogP contribution in [0.15, 0.2) is 230 Å². The molecule has 0 radical (unpaired) electrons. The Hall–Kier alpha value is -9.45. The van der Waals surface area contributed by atoms with Gasteiger partial charge in [-0.15, -0.1) is 0 Å². The van der Waals surface area contributed by atoms with E-state index in [9.17, 15) is 4.11 Å². The Bertz CT molecular complexity index is 5390. The van der Waals surface area contributed by atoms with Gasteiger partial charge in [0.05, 0.1) is 39.1 Å². The van der Waals surface area contributed by atoms with Crippen LogP contribution in [0.2, 0.25) is 0 Å². The van der Waals surface area contributed by atoms with E-state index in [1.54, 1.807) is 6.20 Å². The van der Waals surface area contributed by atoms with Crippen LogP contribution in [0.5, 0.6) is 11.5 Å². The van der Waals surface area contributed by atoms with Crippen LogP contribution >= 0.6 is 0 Å². The van der Waals surface area contributed by atoms with Gasteiger partial charge in [-0.3, -0.25) is 4.57 Å². The van der Waals surface area contributed by atoms with Crippen molar-refractivity contribution in [2.75, 3.05) is 16.5 Å². The lowest BCUT2D eigenvalue weighted by atomic mass is 9.63. The molecule has 0 saturated heterocycles. The van der Waals surface area contributed by atoms with Crippen LogP contribution < -0.4 is 14.5 Å². The van der Waals surface area contributed by atoms with E-state index < -0.39 is 34.4 Å². The molecular weight excluding hydrogens is 1150 g/mol. The van der Waals surface area contributed by atoms with Crippen LogP contribution in [0.1, 0.15) is 168 Å². The second-order valence-corrected chi connectivity index (χ2v) is 31.9. The summed E-state index contributed by atoms with van der Waals surface area (Å²) < 4.78 is 84.0. The number of ether oxygens (including phenoxy) is 1. The van der Waals surface area contributed by atoms with Crippen molar-refractivity contribution in [1.82, 2.24) is 9.55 Å². The van der Waals surface area contributed by atoms with Crippen molar-refractivity contribution in [3.05, 3.63) is 264 Å². The standard InChI is InChI=1S/C90H92N4O/c1-85(2,3)65-46-64(47-66(50-65)86(4,5)6)61-37-40-71-72-41-39-70(54-82(72)94(81(71)49-61)83-55-77(88(10,11)12)75(56-91-83)59-29-21-18-22-30-59)95-69-34-26-33-68(53-69)92-57-93(80-36-24-23-35-79(80)92)84-73(62-32-25-31-60(45-62)58-27-19-17-20-28-58)51-67(87(7,8)9)52-74(84)63-38-42-76-78(48-63)90(15,16)44-43-89(76,13)14/h17-42,45-56H,43-44,57H2,1-16H3/i18D,21D,22D,29D,30D,38D,42D,48D. The number of fused-ring (bicyclic) bond motifs is 5. The molecule has 0 N–H and O–H groups in total. The van der Waals surface area contributed by atoms with E-state index in [1.807, 2.05) is 30.3 Å². The summed E-state index contributed by atoms with van der Waals surface area (Å²) in [5.74, 6) is 1.79. The van der Waals surface area contributed by atoms with Crippen molar-refractivity contribution < 1.29 is 15.7 Å². The van der Waals surface area contributed by atoms with Crippen LogP contribution in [0.3, 0.4) is 0 Å². The van der Waals surface area contributed by atoms with Gasteiger partial charge in [0.1, 0.15) is 24.0 Å². The molecule has 0 bridgehead atoms. The molecule has 0 fully saturated rings. The van der Waals surface area contributed by atoms with Crippen molar-refractivity contribution in [3.8, 4) is 73.0 Å². The zero-order valence-electron chi connectivity index (χ0n) is 66.1. The maximum absolute atomic E-state index is 10.5. The van der Waals surface area contributed by atoms with Crippen molar-refractivity contribution in [2.45, 2.75) is 156 Å². The van der Waals surface area contributed by atoms with Crippen LogP contribution in [0.4, 0.5) is 22.7 Å². The topological polar surface area (TPSA) is 33.5 Å². The van der Waals surface area contributed by atoms with Crippen LogP contribution in [0, 0.1) is 0 Å². The molecule has 0 atom stereocenters. The zero-order valence-corrected chi connectivity index (χ0v) is 58.1. The van der Waals surface area contributed by atoms with Crippen molar-refractivity contribution in [2.24, 2.45) is 0 Å². The number of benzene rings is 10. The number of para-hydroxylation sites is 2. The summed E-state index contributed by atoms with van der Waals surface area (Å²) in [6.07, 6.45) is 3.39. The second-order valence-electron chi connectivity index (χ2n) is 31.9. The van der Waals surface area contributed by atoms with Crippen molar-refractivity contribution >= 4 is 44.6 Å². The molecule has 2 aromatic heterocycles.